The first-order chi connectivity index (χ1) is 25.4. The Morgan fingerprint density at radius 2 is 1.36 bits per heavy atom. The average molecular weight is 731 g/mol. The van der Waals surface area contributed by atoms with Gasteiger partial charge in [0.1, 0.15) is 17.9 Å². The molecule has 2 saturated heterocycles. The zero-order chi connectivity index (χ0) is 38.2. The molecule has 4 heterocycles. The first kappa shape index (κ1) is 38.8. The van der Waals surface area contributed by atoms with Crippen LogP contribution in [0.1, 0.15) is 75.6 Å². The lowest BCUT2D eigenvalue weighted by Crippen LogP contribution is -2.54. The minimum absolute atomic E-state index is 0.123. The standard InChI is InChI=1S/C38H50N8O7/c1-22(2)31(43-37(50)52-5)35(48)45-17-7-9-27(45)20-41-34(47)25-13-11-24(12-14-25)28-16-15-26(19-39-28)29-21-40-33(42-29)30-10-8-18-46(30)36(49)32(23(3)4)44-38(51)53-6/h11-16,19,21-23,27,30-32H,7-10,17-18,20H2,1-6H3,(H,40,42)(H,41,47)(H,43,50)(H,44,51)/t27-,30-,31-,32-/m0/s1. The molecule has 0 spiro atoms. The van der Waals surface area contributed by atoms with Gasteiger partial charge < -0.3 is 40.2 Å². The van der Waals surface area contributed by atoms with Crippen LogP contribution in [0.4, 0.5) is 9.59 Å². The van der Waals surface area contributed by atoms with E-state index >= 15 is 0 Å². The van der Waals surface area contributed by atoms with Crippen LogP contribution >= 0.6 is 0 Å². The van der Waals surface area contributed by atoms with E-state index in [4.69, 9.17) is 9.47 Å². The van der Waals surface area contributed by atoms with Crippen molar-refractivity contribution >= 4 is 29.9 Å². The van der Waals surface area contributed by atoms with Crippen molar-refractivity contribution < 1.29 is 33.4 Å². The summed E-state index contributed by atoms with van der Waals surface area (Å²) in [5.74, 6) is -0.177. The van der Waals surface area contributed by atoms with Crippen LogP contribution in [0.3, 0.4) is 0 Å². The Morgan fingerprint density at radius 3 is 1.94 bits per heavy atom. The fourth-order valence-corrected chi connectivity index (χ4v) is 6.89. The maximum atomic E-state index is 13.5. The molecule has 15 heteroatoms. The number of benzene rings is 1. The number of ether oxygens (including phenoxy) is 2. The Morgan fingerprint density at radius 1 is 0.774 bits per heavy atom. The minimum atomic E-state index is -0.715. The van der Waals surface area contributed by atoms with Crippen molar-refractivity contribution in [3.8, 4) is 22.5 Å². The second-order valence-corrected chi connectivity index (χ2v) is 14.1. The smallest absolute Gasteiger partial charge is 0.407 e. The van der Waals surface area contributed by atoms with Gasteiger partial charge in [-0.15, -0.1) is 0 Å². The zero-order valence-corrected chi connectivity index (χ0v) is 31.2. The lowest BCUT2D eigenvalue weighted by Gasteiger charge is -2.30. The monoisotopic (exact) mass is 730 g/mol. The van der Waals surface area contributed by atoms with Gasteiger partial charge in [-0.1, -0.05) is 39.8 Å². The molecule has 2 fully saturated rings. The number of nitrogens with one attached hydrogen (secondary N) is 4. The van der Waals surface area contributed by atoms with Gasteiger partial charge in [-0.2, -0.15) is 0 Å². The lowest BCUT2D eigenvalue weighted by atomic mass is 10.0. The van der Waals surface area contributed by atoms with Crippen molar-refractivity contribution in [2.75, 3.05) is 33.9 Å². The first-order valence-corrected chi connectivity index (χ1v) is 18.1. The quantitative estimate of drug-likeness (QED) is 0.211. The molecule has 53 heavy (non-hydrogen) atoms. The molecule has 0 radical (unpaired) electrons. The number of pyridine rings is 1. The molecule has 0 saturated carbocycles. The molecule has 2 aliphatic rings. The number of H-pyrrole nitrogens is 1. The van der Waals surface area contributed by atoms with E-state index in [2.05, 4.69) is 30.9 Å². The Hall–Kier alpha value is -5.47. The van der Waals surface area contributed by atoms with E-state index in [1.54, 1.807) is 34.3 Å². The van der Waals surface area contributed by atoms with Crippen LogP contribution in [0, 0.1) is 11.8 Å². The van der Waals surface area contributed by atoms with Gasteiger partial charge in [-0.05, 0) is 61.8 Å². The highest BCUT2D eigenvalue weighted by atomic mass is 16.5. The molecule has 2 aromatic heterocycles. The average Bonchev–Trinajstić information content (AvgIpc) is 3.96. The number of aromatic nitrogens is 3. The number of rotatable bonds is 12. The summed E-state index contributed by atoms with van der Waals surface area (Å²) in [5.41, 5.74) is 3.64. The Kier molecular flexibility index (Phi) is 12.7. The van der Waals surface area contributed by atoms with E-state index in [-0.39, 0.29) is 41.6 Å². The Labute approximate surface area is 309 Å². The van der Waals surface area contributed by atoms with Gasteiger partial charge >= 0.3 is 12.2 Å². The number of methoxy groups -OCH3 is 2. The third-order valence-electron chi connectivity index (χ3n) is 9.91. The predicted molar refractivity (Wildman–Crippen MR) is 196 cm³/mol. The summed E-state index contributed by atoms with van der Waals surface area (Å²) in [6.45, 7) is 8.92. The Bertz CT molecular complexity index is 1760. The normalized spacial score (nSPS) is 18.1. The van der Waals surface area contributed by atoms with Gasteiger partial charge in [0.25, 0.3) is 5.91 Å². The molecule has 0 bridgehead atoms. The predicted octanol–water partition coefficient (Wildman–Crippen LogP) is 4.28. The number of alkyl carbamates (subject to hydrolysis) is 2. The van der Waals surface area contributed by atoms with Crippen LogP contribution < -0.4 is 16.0 Å². The van der Waals surface area contributed by atoms with Gasteiger partial charge in [0.15, 0.2) is 0 Å². The molecule has 284 valence electrons. The third-order valence-corrected chi connectivity index (χ3v) is 9.91. The van der Waals surface area contributed by atoms with Gasteiger partial charge in [-0.3, -0.25) is 19.4 Å². The zero-order valence-electron chi connectivity index (χ0n) is 31.2. The number of amides is 5. The van der Waals surface area contributed by atoms with Crippen LogP contribution in [0.15, 0.2) is 48.8 Å². The van der Waals surface area contributed by atoms with E-state index < -0.39 is 24.3 Å². The number of carbonyl (C=O) groups is 5. The minimum Gasteiger partial charge on any atom is -0.453 e. The molecule has 1 aromatic carbocycles. The van der Waals surface area contributed by atoms with Gasteiger partial charge in [0.2, 0.25) is 11.8 Å². The van der Waals surface area contributed by atoms with Gasteiger partial charge in [-0.25, -0.2) is 14.6 Å². The molecular weight excluding hydrogens is 680 g/mol. The van der Waals surface area contributed by atoms with Crippen LogP contribution in [0.5, 0.6) is 0 Å². The number of aromatic amines is 1. The van der Waals surface area contributed by atoms with Gasteiger partial charge in [0.05, 0.1) is 37.8 Å². The molecule has 0 unspecified atom stereocenters. The summed E-state index contributed by atoms with van der Waals surface area (Å²) in [7, 11) is 2.54. The SMILES string of the molecule is COC(=O)N[C@H](C(=O)N1CCC[C@H]1CNC(=O)c1ccc(-c2ccc(-c3cnc([C@@H]4CCCN4C(=O)[C@@H](NC(=O)OC)C(C)C)[nH]3)cn2)cc1)C(C)C. The van der Waals surface area contributed by atoms with E-state index in [1.165, 1.54) is 14.2 Å². The van der Waals surface area contributed by atoms with Gasteiger partial charge in [0, 0.05) is 48.6 Å². The molecule has 0 aliphatic carbocycles. The second kappa shape index (κ2) is 17.4. The van der Waals surface area contributed by atoms with Crippen LogP contribution in [-0.2, 0) is 19.1 Å². The molecule has 15 nitrogen and oxygen atoms in total. The highest BCUT2D eigenvalue weighted by Crippen LogP contribution is 2.33. The fraction of sp³-hybridized carbons (Fsp3) is 0.500. The number of carbonyl (C=O) groups excluding carboxylic acids is 5. The van der Waals surface area contributed by atoms with E-state index in [0.717, 1.165) is 48.2 Å². The van der Waals surface area contributed by atoms with Crippen molar-refractivity contribution in [3.63, 3.8) is 0 Å². The largest absolute Gasteiger partial charge is 0.453 e. The molecule has 4 atom stereocenters. The van der Waals surface area contributed by atoms with E-state index in [1.807, 2.05) is 52.0 Å². The van der Waals surface area contributed by atoms with Crippen molar-refractivity contribution in [1.29, 1.82) is 0 Å². The summed E-state index contributed by atoms with van der Waals surface area (Å²) < 4.78 is 9.43. The van der Waals surface area contributed by atoms with E-state index in [0.29, 0.717) is 31.0 Å². The number of imidazole rings is 1. The van der Waals surface area contributed by atoms with Crippen LogP contribution in [-0.4, -0.2) is 107 Å². The number of hydrogen-bond acceptors (Lipinski definition) is 9. The van der Waals surface area contributed by atoms with Crippen molar-refractivity contribution in [1.82, 2.24) is 40.7 Å². The third kappa shape index (κ3) is 9.13. The highest BCUT2D eigenvalue weighted by molar-refractivity contribution is 5.94. The number of hydrogen-bond donors (Lipinski definition) is 4. The molecule has 5 rings (SSSR count). The van der Waals surface area contributed by atoms with E-state index in [9.17, 15) is 24.0 Å². The number of likely N-dealkylation sites (tertiary alicyclic amines) is 2. The Balaban J connectivity index is 1.18. The molecule has 4 N–H and O–H groups in total. The van der Waals surface area contributed by atoms with Crippen molar-refractivity contribution in [2.24, 2.45) is 11.8 Å². The summed E-state index contributed by atoms with van der Waals surface area (Å²) in [4.78, 5) is 79.7. The molecule has 5 amide bonds. The summed E-state index contributed by atoms with van der Waals surface area (Å²) in [6, 6.07) is 9.16. The molecule has 2 aliphatic heterocycles. The molecular formula is C38H50N8O7. The summed E-state index contributed by atoms with van der Waals surface area (Å²) >= 11 is 0. The highest BCUT2D eigenvalue weighted by Gasteiger charge is 2.38. The number of nitrogens with zero attached hydrogens (tertiary/aromatic N) is 4. The lowest BCUT2D eigenvalue weighted by molar-refractivity contribution is -0.136. The van der Waals surface area contributed by atoms with Crippen molar-refractivity contribution in [2.45, 2.75) is 77.5 Å². The topological polar surface area (TPSA) is 188 Å². The second-order valence-electron chi connectivity index (χ2n) is 14.1. The maximum Gasteiger partial charge on any atom is 0.407 e. The van der Waals surface area contributed by atoms with Crippen molar-refractivity contribution in [3.05, 3.63) is 60.2 Å². The van der Waals surface area contributed by atoms with Crippen LogP contribution in [0.25, 0.3) is 22.5 Å². The summed E-state index contributed by atoms with van der Waals surface area (Å²) in [6.07, 6.45) is 5.32. The fourth-order valence-electron chi connectivity index (χ4n) is 6.89. The van der Waals surface area contributed by atoms with Crippen LogP contribution in [0.2, 0.25) is 0 Å². The summed E-state index contributed by atoms with van der Waals surface area (Å²) in [5, 5.41) is 8.28. The first-order valence-electron chi connectivity index (χ1n) is 18.1. The molecule has 3 aromatic rings. The maximum absolute atomic E-state index is 13.5.